The van der Waals surface area contributed by atoms with Crippen LogP contribution in [0.2, 0.25) is 0 Å². The number of Topliss-reactive ketones (excluding diaryl/α,β-unsaturated/α-hetero) is 1. The van der Waals surface area contributed by atoms with Crippen molar-refractivity contribution in [3.8, 4) is 0 Å². The summed E-state index contributed by atoms with van der Waals surface area (Å²) >= 11 is 1.76. The Balaban J connectivity index is 1.96. The molecular formula is C16H22OS. The Hall–Kier alpha value is -0.760. The third-order valence-electron chi connectivity index (χ3n) is 3.55. The molecule has 0 amide bonds. The summed E-state index contributed by atoms with van der Waals surface area (Å²) in [5.74, 6) is 1.56. The molecule has 0 bridgehead atoms. The van der Waals surface area contributed by atoms with E-state index in [0.29, 0.717) is 22.7 Å². The molecule has 1 aliphatic rings. The van der Waals surface area contributed by atoms with Crippen LogP contribution < -0.4 is 0 Å². The van der Waals surface area contributed by atoms with Gasteiger partial charge in [-0.1, -0.05) is 38.1 Å². The fourth-order valence-electron chi connectivity index (χ4n) is 2.66. The van der Waals surface area contributed by atoms with Gasteiger partial charge in [-0.2, -0.15) is 11.8 Å². The first-order chi connectivity index (χ1) is 8.66. The minimum absolute atomic E-state index is 0.412. The third kappa shape index (κ3) is 3.61. The topological polar surface area (TPSA) is 17.1 Å². The van der Waals surface area contributed by atoms with Gasteiger partial charge in [0.25, 0.3) is 0 Å². The van der Waals surface area contributed by atoms with Crippen LogP contribution in [0, 0.1) is 0 Å². The standard InChI is InChI=1S/C16H22OS/c1-12(2)18-11-15(17)10-14-8-5-7-13-6-3-4-9-16(13)14/h3-4,6,9,12,14H,5,7-8,10-11H2,1-2H3. The minimum Gasteiger partial charge on any atom is -0.299 e. The van der Waals surface area contributed by atoms with Gasteiger partial charge in [0.2, 0.25) is 0 Å². The van der Waals surface area contributed by atoms with Crippen molar-refractivity contribution < 1.29 is 4.79 Å². The Morgan fingerprint density at radius 3 is 2.94 bits per heavy atom. The second kappa shape index (κ2) is 6.42. The molecule has 98 valence electrons. The highest BCUT2D eigenvalue weighted by Gasteiger charge is 2.22. The molecule has 0 saturated carbocycles. The molecule has 18 heavy (non-hydrogen) atoms. The van der Waals surface area contributed by atoms with E-state index in [-0.39, 0.29) is 0 Å². The van der Waals surface area contributed by atoms with Crippen molar-refractivity contribution in [2.75, 3.05) is 5.75 Å². The van der Waals surface area contributed by atoms with E-state index in [2.05, 4.69) is 38.1 Å². The van der Waals surface area contributed by atoms with Crippen LogP contribution in [-0.4, -0.2) is 16.8 Å². The average molecular weight is 262 g/mol. The van der Waals surface area contributed by atoms with Crippen molar-refractivity contribution in [1.29, 1.82) is 0 Å². The lowest BCUT2D eigenvalue weighted by Gasteiger charge is -2.25. The van der Waals surface area contributed by atoms with E-state index >= 15 is 0 Å². The van der Waals surface area contributed by atoms with Crippen molar-refractivity contribution >= 4 is 17.5 Å². The van der Waals surface area contributed by atoms with Crippen LogP contribution in [0.1, 0.15) is 50.2 Å². The van der Waals surface area contributed by atoms with Gasteiger partial charge in [-0.15, -0.1) is 0 Å². The molecular weight excluding hydrogens is 240 g/mol. The zero-order valence-corrected chi connectivity index (χ0v) is 12.1. The highest BCUT2D eigenvalue weighted by Crippen LogP contribution is 2.34. The van der Waals surface area contributed by atoms with Crippen molar-refractivity contribution in [3.05, 3.63) is 35.4 Å². The zero-order chi connectivity index (χ0) is 13.0. The monoisotopic (exact) mass is 262 g/mol. The second-order valence-corrected chi connectivity index (χ2v) is 6.96. The van der Waals surface area contributed by atoms with Crippen LogP contribution in [0.5, 0.6) is 0 Å². The van der Waals surface area contributed by atoms with Crippen LogP contribution in [0.15, 0.2) is 24.3 Å². The molecule has 0 saturated heterocycles. The lowest BCUT2D eigenvalue weighted by Crippen LogP contribution is -2.15. The van der Waals surface area contributed by atoms with Gasteiger partial charge in [0, 0.05) is 6.42 Å². The molecule has 0 N–H and O–H groups in total. The second-order valence-electron chi connectivity index (χ2n) is 5.39. The van der Waals surface area contributed by atoms with Crippen LogP contribution in [-0.2, 0) is 11.2 Å². The molecule has 0 heterocycles. The predicted octanol–water partition coefficient (Wildman–Crippen LogP) is 4.21. The van der Waals surface area contributed by atoms with E-state index in [4.69, 9.17) is 0 Å². The lowest BCUT2D eigenvalue weighted by molar-refractivity contribution is -0.117. The highest BCUT2D eigenvalue weighted by atomic mass is 32.2. The van der Waals surface area contributed by atoms with Crippen LogP contribution in [0.25, 0.3) is 0 Å². The molecule has 1 aliphatic carbocycles. The molecule has 2 heteroatoms. The van der Waals surface area contributed by atoms with Gasteiger partial charge in [0.1, 0.15) is 5.78 Å². The van der Waals surface area contributed by atoms with Gasteiger partial charge >= 0.3 is 0 Å². The first kappa shape index (κ1) is 13.7. The molecule has 0 fully saturated rings. The number of benzene rings is 1. The number of fused-ring (bicyclic) bond motifs is 1. The Labute approximate surface area is 114 Å². The summed E-state index contributed by atoms with van der Waals surface area (Å²) in [5.41, 5.74) is 2.88. The molecule has 1 aromatic rings. The molecule has 0 spiro atoms. The van der Waals surface area contributed by atoms with E-state index < -0.39 is 0 Å². The molecule has 1 atom stereocenters. The number of hydrogen-bond acceptors (Lipinski definition) is 2. The van der Waals surface area contributed by atoms with E-state index in [0.717, 1.165) is 6.42 Å². The van der Waals surface area contributed by atoms with Crippen molar-refractivity contribution in [1.82, 2.24) is 0 Å². The van der Waals surface area contributed by atoms with E-state index in [1.807, 2.05) is 0 Å². The summed E-state index contributed by atoms with van der Waals surface area (Å²) in [6.07, 6.45) is 4.32. The highest BCUT2D eigenvalue weighted by molar-refractivity contribution is 8.00. The minimum atomic E-state index is 0.412. The maximum atomic E-state index is 12.0. The summed E-state index contributed by atoms with van der Waals surface area (Å²) in [6.45, 7) is 4.29. The summed E-state index contributed by atoms with van der Waals surface area (Å²) < 4.78 is 0. The van der Waals surface area contributed by atoms with Gasteiger partial charge < -0.3 is 0 Å². The van der Waals surface area contributed by atoms with E-state index in [9.17, 15) is 4.79 Å². The molecule has 1 nitrogen and oxygen atoms in total. The Bertz CT molecular complexity index is 411. The molecule has 0 aliphatic heterocycles. The first-order valence-corrected chi connectivity index (χ1v) is 7.93. The smallest absolute Gasteiger partial charge is 0.143 e. The Morgan fingerprint density at radius 2 is 2.17 bits per heavy atom. The normalized spacial score (nSPS) is 18.7. The molecule has 2 rings (SSSR count). The molecule has 0 radical (unpaired) electrons. The summed E-state index contributed by atoms with van der Waals surface area (Å²) in [6, 6.07) is 8.64. The van der Waals surface area contributed by atoms with Gasteiger partial charge in [0.15, 0.2) is 0 Å². The van der Waals surface area contributed by atoms with Gasteiger partial charge in [0.05, 0.1) is 5.75 Å². The van der Waals surface area contributed by atoms with Crippen molar-refractivity contribution in [2.45, 2.75) is 50.7 Å². The molecule has 1 aromatic carbocycles. The largest absolute Gasteiger partial charge is 0.299 e. The van der Waals surface area contributed by atoms with Crippen LogP contribution in [0.4, 0.5) is 0 Å². The SMILES string of the molecule is CC(C)SCC(=O)CC1CCCc2ccccc21. The number of rotatable bonds is 5. The van der Waals surface area contributed by atoms with Crippen LogP contribution in [0.3, 0.4) is 0 Å². The van der Waals surface area contributed by atoms with Gasteiger partial charge in [-0.05, 0) is 41.6 Å². The fraction of sp³-hybridized carbons (Fsp3) is 0.562. The fourth-order valence-corrected chi connectivity index (χ4v) is 3.30. The summed E-state index contributed by atoms with van der Waals surface area (Å²) in [7, 11) is 0. The van der Waals surface area contributed by atoms with E-state index in [1.165, 1.54) is 30.4 Å². The number of thioether (sulfide) groups is 1. The van der Waals surface area contributed by atoms with Crippen molar-refractivity contribution in [2.24, 2.45) is 0 Å². The quantitative estimate of drug-likeness (QED) is 0.791. The number of hydrogen-bond donors (Lipinski definition) is 0. The van der Waals surface area contributed by atoms with Gasteiger partial charge in [-0.3, -0.25) is 4.79 Å². The average Bonchev–Trinajstić information content (AvgIpc) is 2.37. The molecule has 1 unspecified atom stereocenters. The number of ketones is 1. The van der Waals surface area contributed by atoms with Crippen molar-refractivity contribution in [3.63, 3.8) is 0 Å². The lowest BCUT2D eigenvalue weighted by atomic mass is 9.80. The Kier molecular flexibility index (Phi) is 4.87. The van der Waals surface area contributed by atoms with E-state index in [1.54, 1.807) is 11.8 Å². The number of carbonyl (C=O) groups excluding carboxylic acids is 1. The summed E-state index contributed by atoms with van der Waals surface area (Å²) in [4.78, 5) is 12.0. The number of aryl methyl sites for hydroxylation is 1. The van der Waals surface area contributed by atoms with Crippen LogP contribution >= 0.6 is 11.8 Å². The zero-order valence-electron chi connectivity index (χ0n) is 11.3. The first-order valence-electron chi connectivity index (χ1n) is 6.88. The third-order valence-corrected chi connectivity index (χ3v) is 4.70. The van der Waals surface area contributed by atoms with Gasteiger partial charge in [-0.25, -0.2) is 0 Å². The maximum absolute atomic E-state index is 12.0. The summed E-state index contributed by atoms with van der Waals surface area (Å²) in [5, 5.41) is 0.549. The molecule has 0 aromatic heterocycles. The maximum Gasteiger partial charge on any atom is 0.143 e. The predicted molar refractivity (Wildman–Crippen MR) is 79.3 cm³/mol. The Morgan fingerprint density at radius 1 is 1.39 bits per heavy atom. The number of carbonyl (C=O) groups is 1.